The summed E-state index contributed by atoms with van der Waals surface area (Å²) in [7, 11) is 0. The van der Waals surface area contributed by atoms with Crippen molar-refractivity contribution in [2.75, 3.05) is 31.1 Å². The van der Waals surface area contributed by atoms with Gasteiger partial charge in [-0.05, 0) is 45.0 Å². The molecule has 0 saturated carbocycles. The molecule has 2 aliphatic heterocycles. The Kier molecular flexibility index (Phi) is 2.36. The molecule has 0 unspecified atom stereocenters. The Morgan fingerprint density at radius 3 is 2.62 bits per heavy atom. The van der Waals surface area contributed by atoms with Crippen LogP contribution in [0.4, 0.5) is 5.69 Å². The molecule has 3 heteroatoms. The van der Waals surface area contributed by atoms with Gasteiger partial charge in [-0.25, -0.2) is 0 Å². The lowest BCUT2D eigenvalue weighted by Gasteiger charge is -2.53. The van der Waals surface area contributed by atoms with E-state index in [1.165, 1.54) is 44.7 Å². The molecule has 2 fully saturated rings. The first-order valence-corrected chi connectivity index (χ1v) is 6.16. The molecule has 0 atom stereocenters. The minimum Gasteiger partial charge on any atom is -0.369 e. The minimum absolute atomic E-state index is 0.607. The zero-order valence-electron chi connectivity index (χ0n) is 9.87. The molecule has 1 spiro atoms. The fourth-order valence-corrected chi connectivity index (χ4v) is 2.87. The minimum atomic E-state index is 0.607. The van der Waals surface area contributed by atoms with Gasteiger partial charge < -0.3 is 10.2 Å². The van der Waals surface area contributed by atoms with Gasteiger partial charge in [-0.3, -0.25) is 4.98 Å². The number of hydrogen-bond donors (Lipinski definition) is 1. The monoisotopic (exact) mass is 217 g/mol. The molecule has 2 aliphatic rings. The van der Waals surface area contributed by atoms with Crippen molar-refractivity contribution in [1.29, 1.82) is 0 Å². The summed E-state index contributed by atoms with van der Waals surface area (Å²) in [6, 6.07) is 4.29. The van der Waals surface area contributed by atoms with Gasteiger partial charge in [0.25, 0.3) is 0 Å². The summed E-state index contributed by atoms with van der Waals surface area (Å²) in [5, 5.41) is 3.44. The van der Waals surface area contributed by atoms with Crippen LogP contribution in [-0.4, -0.2) is 31.2 Å². The summed E-state index contributed by atoms with van der Waals surface area (Å²) in [4.78, 5) is 6.82. The Hall–Kier alpha value is -1.09. The van der Waals surface area contributed by atoms with Crippen molar-refractivity contribution >= 4 is 5.69 Å². The van der Waals surface area contributed by atoms with E-state index < -0.39 is 0 Å². The van der Waals surface area contributed by atoms with Gasteiger partial charge >= 0.3 is 0 Å². The normalized spacial score (nSPS) is 23.2. The van der Waals surface area contributed by atoms with E-state index in [-0.39, 0.29) is 0 Å². The Morgan fingerprint density at radius 2 is 2.00 bits per heavy atom. The predicted molar refractivity (Wildman–Crippen MR) is 65.7 cm³/mol. The molecule has 3 nitrogen and oxygen atoms in total. The van der Waals surface area contributed by atoms with Gasteiger partial charge in [0, 0.05) is 24.2 Å². The molecular weight excluding hydrogens is 198 g/mol. The average molecular weight is 217 g/mol. The maximum Gasteiger partial charge on any atom is 0.0553 e. The molecule has 16 heavy (non-hydrogen) atoms. The summed E-state index contributed by atoms with van der Waals surface area (Å²) in [6.07, 6.45) is 4.68. The van der Waals surface area contributed by atoms with E-state index in [0.717, 1.165) is 5.69 Å². The third kappa shape index (κ3) is 1.69. The first kappa shape index (κ1) is 10.1. The van der Waals surface area contributed by atoms with Crippen LogP contribution in [0.1, 0.15) is 18.5 Å². The number of hydrogen-bond acceptors (Lipinski definition) is 3. The molecule has 1 aromatic rings. The molecule has 0 aromatic carbocycles. The van der Waals surface area contributed by atoms with E-state index in [2.05, 4.69) is 27.3 Å². The van der Waals surface area contributed by atoms with Crippen molar-refractivity contribution in [2.45, 2.75) is 19.8 Å². The molecule has 1 aromatic heterocycles. The second kappa shape index (κ2) is 3.74. The van der Waals surface area contributed by atoms with E-state index in [1.54, 1.807) is 0 Å². The van der Waals surface area contributed by atoms with Crippen molar-refractivity contribution in [2.24, 2.45) is 5.41 Å². The molecule has 3 rings (SSSR count). The highest BCUT2D eigenvalue weighted by Gasteiger charge is 2.43. The number of aryl methyl sites for hydroxylation is 1. The average Bonchev–Trinajstić information content (AvgIpc) is 2.28. The van der Waals surface area contributed by atoms with E-state index in [0.29, 0.717) is 5.41 Å². The highest BCUT2D eigenvalue weighted by atomic mass is 15.2. The number of rotatable bonds is 1. The summed E-state index contributed by atoms with van der Waals surface area (Å²) in [5.41, 5.74) is 2.99. The second-order valence-electron chi connectivity index (χ2n) is 5.26. The van der Waals surface area contributed by atoms with Crippen molar-refractivity contribution < 1.29 is 0 Å². The van der Waals surface area contributed by atoms with Gasteiger partial charge in [0.1, 0.15) is 0 Å². The lowest BCUT2D eigenvalue weighted by atomic mass is 9.72. The van der Waals surface area contributed by atoms with E-state index in [4.69, 9.17) is 0 Å². The Morgan fingerprint density at radius 1 is 1.25 bits per heavy atom. The predicted octanol–water partition coefficient (Wildman–Crippen LogP) is 1.58. The molecule has 0 bridgehead atoms. The van der Waals surface area contributed by atoms with Gasteiger partial charge in [-0.15, -0.1) is 0 Å². The van der Waals surface area contributed by atoms with E-state index in [1.807, 2.05) is 13.1 Å². The third-order valence-corrected chi connectivity index (χ3v) is 3.98. The number of piperidine rings is 1. The maximum absolute atomic E-state index is 4.36. The molecule has 0 aliphatic carbocycles. The van der Waals surface area contributed by atoms with Crippen LogP contribution in [-0.2, 0) is 0 Å². The van der Waals surface area contributed by atoms with Gasteiger partial charge in [-0.2, -0.15) is 0 Å². The Bertz CT molecular complexity index is 357. The van der Waals surface area contributed by atoms with E-state index >= 15 is 0 Å². The molecule has 3 heterocycles. The van der Waals surface area contributed by atoms with Crippen LogP contribution in [0.2, 0.25) is 0 Å². The molecule has 0 radical (unpaired) electrons. The molecule has 86 valence electrons. The molecule has 0 amide bonds. The number of nitrogens with zero attached hydrogens (tertiary/aromatic N) is 2. The summed E-state index contributed by atoms with van der Waals surface area (Å²) >= 11 is 0. The van der Waals surface area contributed by atoms with Crippen LogP contribution in [0, 0.1) is 12.3 Å². The van der Waals surface area contributed by atoms with Gasteiger partial charge in [-0.1, -0.05) is 0 Å². The van der Waals surface area contributed by atoms with Crippen molar-refractivity contribution in [1.82, 2.24) is 10.3 Å². The van der Waals surface area contributed by atoms with Crippen LogP contribution in [0.25, 0.3) is 0 Å². The number of anilines is 1. The zero-order chi connectivity index (χ0) is 11.0. The largest absolute Gasteiger partial charge is 0.369 e. The van der Waals surface area contributed by atoms with Crippen LogP contribution in [0.5, 0.6) is 0 Å². The van der Waals surface area contributed by atoms with Crippen LogP contribution < -0.4 is 10.2 Å². The van der Waals surface area contributed by atoms with Gasteiger partial charge in [0.2, 0.25) is 0 Å². The Balaban J connectivity index is 1.66. The fourth-order valence-electron chi connectivity index (χ4n) is 2.87. The topological polar surface area (TPSA) is 28.2 Å². The number of aromatic nitrogens is 1. The molecular formula is C13H19N3. The number of nitrogens with one attached hydrogen (secondary N) is 1. The quantitative estimate of drug-likeness (QED) is 0.774. The first-order chi connectivity index (χ1) is 7.77. The highest BCUT2D eigenvalue weighted by molar-refractivity contribution is 5.48. The Labute approximate surface area is 96.9 Å². The summed E-state index contributed by atoms with van der Waals surface area (Å²) in [5.74, 6) is 0. The smallest absolute Gasteiger partial charge is 0.0553 e. The van der Waals surface area contributed by atoms with Gasteiger partial charge in [0.15, 0.2) is 0 Å². The van der Waals surface area contributed by atoms with Crippen LogP contribution in [0.15, 0.2) is 18.3 Å². The highest BCUT2D eigenvalue weighted by Crippen LogP contribution is 2.40. The SMILES string of the molecule is Cc1ccc(N2CC3(CCNCC3)C2)cn1. The maximum atomic E-state index is 4.36. The number of pyridine rings is 1. The zero-order valence-corrected chi connectivity index (χ0v) is 9.87. The van der Waals surface area contributed by atoms with Crippen LogP contribution in [0.3, 0.4) is 0 Å². The van der Waals surface area contributed by atoms with Crippen LogP contribution >= 0.6 is 0 Å². The lowest BCUT2D eigenvalue weighted by Crippen LogP contribution is -2.60. The third-order valence-electron chi connectivity index (χ3n) is 3.98. The van der Waals surface area contributed by atoms with Crippen molar-refractivity contribution in [3.8, 4) is 0 Å². The standard InChI is InChI=1S/C13H19N3/c1-11-2-3-12(8-15-11)16-9-13(10-16)4-6-14-7-5-13/h2-3,8,14H,4-7,9-10H2,1H3. The lowest BCUT2D eigenvalue weighted by molar-refractivity contribution is 0.150. The second-order valence-corrected chi connectivity index (χ2v) is 5.26. The fraction of sp³-hybridized carbons (Fsp3) is 0.615. The first-order valence-electron chi connectivity index (χ1n) is 6.16. The van der Waals surface area contributed by atoms with Gasteiger partial charge in [0.05, 0.1) is 11.9 Å². The summed E-state index contributed by atoms with van der Waals surface area (Å²) in [6.45, 7) is 6.87. The van der Waals surface area contributed by atoms with Crippen molar-refractivity contribution in [3.05, 3.63) is 24.0 Å². The molecule has 1 N–H and O–H groups in total. The summed E-state index contributed by atoms with van der Waals surface area (Å²) < 4.78 is 0. The van der Waals surface area contributed by atoms with E-state index in [9.17, 15) is 0 Å². The van der Waals surface area contributed by atoms with Crippen molar-refractivity contribution in [3.63, 3.8) is 0 Å². The molecule has 2 saturated heterocycles.